The standard InChI is InChI=1S/C29H41NO2/c1-20(2)13-15-30-14-7-6-8-28(30)26-18-24(23-11-9-22(5)10-12-23)17-25(19-26)27(29(31)32)16-21(3)4/h9-12,17-21,27-28H,6-8,13-16H2,1-5H3,(H,31,32). The monoisotopic (exact) mass is 435 g/mol. The fourth-order valence-corrected chi connectivity index (χ4v) is 4.89. The van der Waals surface area contributed by atoms with Gasteiger partial charge < -0.3 is 5.11 Å². The number of piperidine rings is 1. The molecule has 0 spiro atoms. The Morgan fingerprint density at radius 3 is 2.34 bits per heavy atom. The fourth-order valence-electron chi connectivity index (χ4n) is 4.89. The molecule has 3 nitrogen and oxygen atoms in total. The quantitative estimate of drug-likeness (QED) is 0.445. The van der Waals surface area contributed by atoms with E-state index < -0.39 is 11.9 Å². The molecule has 1 aliphatic heterocycles. The summed E-state index contributed by atoms with van der Waals surface area (Å²) in [6.45, 7) is 13.1. The molecule has 1 saturated heterocycles. The summed E-state index contributed by atoms with van der Waals surface area (Å²) in [5.41, 5.74) is 5.78. The van der Waals surface area contributed by atoms with Gasteiger partial charge in [0, 0.05) is 6.04 Å². The van der Waals surface area contributed by atoms with Gasteiger partial charge >= 0.3 is 5.97 Å². The maximum atomic E-state index is 12.2. The SMILES string of the molecule is Cc1ccc(-c2cc(C(CC(C)C)C(=O)O)cc(C3CCCCN3CCC(C)C)c2)cc1. The summed E-state index contributed by atoms with van der Waals surface area (Å²) in [7, 11) is 0. The summed E-state index contributed by atoms with van der Waals surface area (Å²) in [6, 6.07) is 15.6. The summed E-state index contributed by atoms with van der Waals surface area (Å²) in [5.74, 6) is -0.160. The van der Waals surface area contributed by atoms with Gasteiger partial charge in [-0.25, -0.2) is 0 Å². The van der Waals surface area contributed by atoms with Crippen molar-refractivity contribution in [2.75, 3.05) is 13.1 Å². The average molecular weight is 436 g/mol. The summed E-state index contributed by atoms with van der Waals surface area (Å²) in [4.78, 5) is 14.9. The van der Waals surface area contributed by atoms with Gasteiger partial charge in [0.25, 0.3) is 0 Å². The molecular formula is C29H41NO2. The second-order valence-corrected chi connectivity index (χ2v) is 10.5. The molecule has 2 atom stereocenters. The minimum Gasteiger partial charge on any atom is -0.481 e. The number of carboxylic acids is 1. The molecule has 3 rings (SSSR count). The number of hydrogen-bond acceptors (Lipinski definition) is 2. The van der Waals surface area contributed by atoms with Crippen LogP contribution in [0.1, 0.15) is 88.4 Å². The zero-order chi connectivity index (χ0) is 23.3. The van der Waals surface area contributed by atoms with E-state index in [2.05, 4.69) is 82.0 Å². The van der Waals surface area contributed by atoms with E-state index in [0.717, 1.165) is 36.2 Å². The largest absolute Gasteiger partial charge is 0.481 e. The van der Waals surface area contributed by atoms with Crippen LogP contribution in [-0.2, 0) is 4.79 Å². The predicted molar refractivity (Wildman–Crippen MR) is 134 cm³/mol. The van der Waals surface area contributed by atoms with Crippen LogP contribution in [0.4, 0.5) is 0 Å². The third kappa shape index (κ3) is 6.45. The van der Waals surface area contributed by atoms with E-state index in [1.807, 2.05) is 0 Å². The van der Waals surface area contributed by atoms with Gasteiger partial charge in [0.2, 0.25) is 0 Å². The molecule has 0 amide bonds. The third-order valence-corrected chi connectivity index (χ3v) is 6.76. The molecule has 2 aromatic rings. The van der Waals surface area contributed by atoms with Gasteiger partial charge in [0.05, 0.1) is 5.92 Å². The number of rotatable bonds is 9. The zero-order valence-electron chi connectivity index (χ0n) is 20.6. The fraction of sp³-hybridized carbons (Fsp3) is 0.552. The number of aliphatic carboxylic acids is 1. The first-order chi connectivity index (χ1) is 15.2. The topological polar surface area (TPSA) is 40.5 Å². The van der Waals surface area contributed by atoms with Crippen LogP contribution in [0.15, 0.2) is 42.5 Å². The summed E-state index contributed by atoms with van der Waals surface area (Å²) in [5, 5.41) is 10.1. The average Bonchev–Trinajstić information content (AvgIpc) is 2.76. The minimum absolute atomic E-state index is 0.333. The summed E-state index contributed by atoms with van der Waals surface area (Å²) < 4.78 is 0. The minimum atomic E-state index is -0.717. The van der Waals surface area contributed by atoms with E-state index in [-0.39, 0.29) is 0 Å². The highest BCUT2D eigenvalue weighted by atomic mass is 16.4. The van der Waals surface area contributed by atoms with E-state index in [1.165, 1.54) is 30.4 Å². The molecular weight excluding hydrogens is 394 g/mol. The second-order valence-electron chi connectivity index (χ2n) is 10.5. The Balaban J connectivity index is 2.06. The normalized spacial score (nSPS) is 18.3. The van der Waals surface area contributed by atoms with Crippen LogP contribution in [0.25, 0.3) is 11.1 Å². The maximum Gasteiger partial charge on any atom is 0.310 e. The lowest BCUT2D eigenvalue weighted by Gasteiger charge is -2.37. The molecule has 2 aromatic carbocycles. The third-order valence-electron chi connectivity index (χ3n) is 6.76. The van der Waals surface area contributed by atoms with Crippen molar-refractivity contribution in [3.63, 3.8) is 0 Å². The molecule has 174 valence electrons. The smallest absolute Gasteiger partial charge is 0.310 e. The van der Waals surface area contributed by atoms with Crippen LogP contribution in [0.2, 0.25) is 0 Å². The number of carboxylic acid groups (broad SMARTS) is 1. The van der Waals surface area contributed by atoms with Crippen LogP contribution >= 0.6 is 0 Å². The summed E-state index contributed by atoms with van der Waals surface area (Å²) in [6.07, 6.45) is 5.50. The molecule has 2 unspecified atom stereocenters. The van der Waals surface area contributed by atoms with Gasteiger partial charge in [-0.05, 0) is 85.9 Å². The van der Waals surface area contributed by atoms with Gasteiger partial charge in [0.15, 0.2) is 0 Å². The number of carbonyl (C=O) groups is 1. The van der Waals surface area contributed by atoms with Gasteiger partial charge in [-0.1, -0.05) is 76.1 Å². The molecule has 3 heteroatoms. The number of nitrogens with zero attached hydrogens (tertiary/aromatic N) is 1. The number of likely N-dealkylation sites (tertiary alicyclic amines) is 1. The van der Waals surface area contributed by atoms with Crippen LogP contribution in [0, 0.1) is 18.8 Å². The molecule has 0 aliphatic carbocycles. The Morgan fingerprint density at radius 2 is 1.72 bits per heavy atom. The predicted octanol–water partition coefficient (Wildman–Crippen LogP) is 7.45. The van der Waals surface area contributed by atoms with Crippen molar-refractivity contribution < 1.29 is 9.90 Å². The maximum absolute atomic E-state index is 12.2. The van der Waals surface area contributed by atoms with Crippen LogP contribution < -0.4 is 0 Å². The molecule has 32 heavy (non-hydrogen) atoms. The van der Waals surface area contributed by atoms with Crippen molar-refractivity contribution >= 4 is 5.97 Å². The van der Waals surface area contributed by atoms with Crippen molar-refractivity contribution in [2.45, 2.75) is 78.7 Å². The Kier molecular flexibility index (Phi) is 8.53. The lowest BCUT2D eigenvalue weighted by atomic mass is 9.84. The highest BCUT2D eigenvalue weighted by Gasteiger charge is 2.27. The highest BCUT2D eigenvalue weighted by molar-refractivity contribution is 5.77. The van der Waals surface area contributed by atoms with Gasteiger partial charge in [-0.15, -0.1) is 0 Å². The van der Waals surface area contributed by atoms with E-state index in [4.69, 9.17) is 0 Å². The van der Waals surface area contributed by atoms with E-state index >= 15 is 0 Å². The van der Waals surface area contributed by atoms with Crippen LogP contribution in [0.5, 0.6) is 0 Å². The zero-order valence-corrected chi connectivity index (χ0v) is 20.6. The first kappa shape index (κ1) is 24.5. The number of benzene rings is 2. The molecule has 1 aliphatic rings. The Bertz CT molecular complexity index is 885. The lowest BCUT2D eigenvalue weighted by molar-refractivity contribution is -0.139. The van der Waals surface area contributed by atoms with Gasteiger partial charge in [0.1, 0.15) is 0 Å². The molecule has 0 bridgehead atoms. The van der Waals surface area contributed by atoms with Crippen LogP contribution in [-0.4, -0.2) is 29.1 Å². The van der Waals surface area contributed by atoms with E-state index in [1.54, 1.807) is 0 Å². The molecule has 1 heterocycles. The molecule has 0 radical (unpaired) electrons. The highest BCUT2D eigenvalue weighted by Crippen LogP contribution is 2.37. The Labute approximate surface area is 194 Å². The van der Waals surface area contributed by atoms with Gasteiger partial charge in [-0.3, -0.25) is 9.69 Å². The molecule has 1 fully saturated rings. The van der Waals surface area contributed by atoms with Crippen molar-refractivity contribution in [2.24, 2.45) is 11.8 Å². The molecule has 0 saturated carbocycles. The number of hydrogen-bond donors (Lipinski definition) is 1. The Morgan fingerprint density at radius 1 is 1.00 bits per heavy atom. The first-order valence-corrected chi connectivity index (χ1v) is 12.4. The van der Waals surface area contributed by atoms with E-state index in [9.17, 15) is 9.90 Å². The summed E-state index contributed by atoms with van der Waals surface area (Å²) >= 11 is 0. The second kappa shape index (κ2) is 11.1. The molecule has 1 N–H and O–H groups in total. The number of aryl methyl sites for hydroxylation is 1. The first-order valence-electron chi connectivity index (χ1n) is 12.4. The van der Waals surface area contributed by atoms with Crippen molar-refractivity contribution in [1.82, 2.24) is 4.90 Å². The van der Waals surface area contributed by atoms with Crippen molar-refractivity contribution in [1.29, 1.82) is 0 Å². The lowest BCUT2D eigenvalue weighted by Crippen LogP contribution is -2.34. The van der Waals surface area contributed by atoms with Crippen molar-refractivity contribution in [3.8, 4) is 11.1 Å². The molecule has 0 aromatic heterocycles. The Hall–Kier alpha value is -2.13. The van der Waals surface area contributed by atoms with Crippen LogP contribution in [0.3, 0.4) is 0 Å². The van der Waals surface area contributed by atoms with E-state index in [0.29, 0.717) is 24.3 Å². The van der Waals surface area contributed by atoms with Crippen molar-refractivity contribution in [3.05, 3.63) is 59.2 Å². The van der Waals surface area contributed by atoms with Gasteiger partial charge in [-0.2, -0.15) is 0 Å².